The van der Waals surface area contributed by atoms with Crippen LogP contribution in [0.1, 0.15) is 52.8 Å². The van der Waals surface area contributed by atoms with Crippen molar-refractivity contribution in [3.8, 4) is 5.75 Å². The van der Waals surface area contributed by atoms with Gasteiger partial charge in [-0.05, 0) is 62.4 Å². The number of likely N-dealkylation sites (tertiary alicyclic amines) is 2. The Morgan fingerprint density at radius 3 is 2.30 bits per heavy atom. The van der Waals surface area contributed by atoms with Crippen LogP contribution in [0, 0.1) is 5.92 Å². The number of amides is 2. The zero-order chi connectivity index (χ0) is 20.8. The Labute approximate surface area is 178 Å². The number of hydrogen-bond donors (Lipinski definition) is 0. The van der Waals surface area contributed by atoms with Crippen LogP contribution in [-0.2, 0) is 0 Å². The molecule has 0 aromatic heterocycles. The van der Waals surface area contributed by atoms with E-state index in [1.807, 2.05) is 64.4 Å². The molecule has 5 heteroatoms. The molecule has 0 bridgehead atoms. The van der Waals surface area contributed by atoms with Gasteiger partial charge < -0.3 is 14.5 Å². The van der Waals surface area contributed by atoms with Gasteiger partial charge in [0.05, 0.1) is 6.61 Å². The SMILES string of the molecule is O=C(c1cccc(OC[C@H]2CCCN(C(=O)c3ccccc3)C2)c1)N1CCCCC1. The maximum absolute atomic E-state index is 12.7. The van der Waals surface area contributed by atoms with Crippen LogP contribution >= 0.6 is 0 Å². The summed E-state index contributed by atoms with van der Waals surface area (Å²) in [5.41, 5.74) is 1.43. The zero-order valence-electron chi connectivity index (χ0n) is 17.5. The Bertz CT molecular complexity index is 862. The molecule has 2 aromatic rings. The summed E-state index contributed by atoms with van der Waals surface area (Å²) in [6.45, 7) is 3.75. The van der Waals surface area contributed by atoms with Crippen LogP contribution in [-0.4, -0.2) is 54.4 Å². The minimum Gasteiger partial charge on any atom is -0.493 e. The maximum atomic E-state index is 12.7. The Balaban J connectivity index is 1.33. The van der Waals surface area contributed by atoms with Crippen LogP contribution in [0.3, 0.4) is 0 Å². The molecule has 2 aliphatic heterocycles. The van der Waals surface area contributed by atoms with Gasteiger partial charge in [0, 0.05) is 43.2 Å². The van der Waals surface area contributed by atoms with Crippen LogP contribution < -0.4 is 4.74 Å². The van der Waals surface area contributed by atoms with Crippen LogP contribution in [0.25, 0.3) is 0 Å². The number of rotatable bonds is 5. The van der Waals surface area contributed by atoms with E-state index in [0.29, 0.717) is 24.6 Å². The Morgan fingerprint density at radius 2 is 1.50 bits per heavy atom. The molecule has 0 N–H and O–H groups in total. The molecule has 5 nitrogen and oxygen atoms in total. The fourth-order valence-corrected chi connectivity index (χ4v) is 4.36. The Morgan fingerprint density at radius 1 is 0.800 bits per heavy atom. The smallest absolute Gasteiger partial charge is 0.253 e. The van der Waals surface area contributed by atoms with Gasteiger partial charge in [-0.3, -0.25) is 9.59 Å². The molecule has 2 amide bonds. The number of hydrogen-bond acceptors (Lipinski definition) is 3. The minimum absolute atomic E-state index is 0.0921. The van der Waals surface area contributed by atoms with E-state index in [-0.39, 0.29) is 11.8 Å². The van der Waals surface area contributed by atoms with Crippen molar-refractivity contribution in [1.29, 1.82) is 0 Å². The largest absolute Gasteiger partial charge is 0.493 e. The molecule has 0 saturated carbocycles. The van der Waals surface area contributed by atoms with Gasteiger partial charge in [0.2, 0.25) is 0 Å². The first kappa shape index (κ1) is 20.5. The van der Waals surface area contributed by atoms with Gasteiger partial charge in [-0.15, -0.1) is 0 Å². The fourth-order valence-electron chi connectivity index (χ4n) is 4.36. The van der Waals surface area contributed by atoms with Gasteiger partial charge in [-0.25, -0.2) is 0 Å². The molecule has 2 fully saturated rings. The normalized spacial score (nSPS) is 19.4. The van der Waals surface area contributed by atoms with E-state index in [0.717, 1.165) is 56.6 Å². The van der Waals surface area contributed by atoms with E-state index in [1.54, 1.807) is 0 Å². The van der Waals surface area contributed by atoms with E-state index < -0.39 is 0 Å². The Kier molecular flexibility index (Phi) is 6.67. The molecule has 2 aliphatic rings. The van der Waals surface area contributed by atoms with Crippen molar-refractivity contribution in [2.24, 2.45) is 5.92 Å². The van der Waals surface area contributed by atoms with Crippen molar-refractivity contribution in [3.05, 3.63) is 65.7 Å². The first-order chi connectivity index (χ1) is 14.7. The first-order valence-electron chi connectivity index (χ1n) is 11.1. The van der Waals surface area contributed by atoms with Crippen LogP contribution in [0.5, 0.6) is 5.75 Å². The van der Waals surface area contributed by atoms with Crippen molar-refractivity contribution in [3.63, 3.8) is 0 Å². The quantitative estimate of drug-likeness (QED) is 0.746. The van der Waals surface area contributed by atoms with Crippen molar-refractivity contribution in [2.75, 3.05) is 32.8 Å². The molecular formula is C25H30N2O3. The lowest BCUT2D eigenvalue weighted by Crippen LogP contribution is -2.41. The molecule has 0 radical (unpaired) electrons. The van der Waals surface area contributed by atoms with E-state index >= 15 is 0 Å². The van der Waals surface area contributed by atoms with Crippen LogP contribution in [0.2, 0.25) is 0 Å². The number of piperidine rings is 2. The molecule has 0 unspecified atom stereocenters. The lowest BCUT2D eigenvalue weighted by atomic mass is 9.98. The lowest BCUT2D eigenvalue weighted by molar-refractivity contribution is 0.0631. The molecule has 0 spiro atoms. The molecular weight excluding hydrogens is 376 g/mol. The van der Waals surface area contributed by atoms with Gasteiger partial charge >= 0.3 is 0 Å². The third-order valence-corrected chi connectivity index (χ3v) is 6.04. The van der Waals surface area contributed by atoms with Crippen molar-refractivity contribution in [2.45, 2.75) is 32.1 Å². The average Bonchev–Trinajstić information content (AvgIpc) is 2.83. The average molecular weight is 407 g/mol. The summed E-state index contributed by atoms with van der Waals surface area (Å²) in [4.78, 5) is 29.3. The highest BCUT2D eigenvalue weighted by atomic mass is 16.5. The third-order valence-electron chi connectivity index (χ3n) is 6.04. The van der Waals surface area contributed by atoms with E-state index in [9.17, 15) is 9.59 Å². The van der Waals surface area contributed by atoms with Crippen molar-refractivity contribution in [1.82, 2.24) is 9.80 Å². The molecule has 2 heterocycles. The zero-order valence-corrected chi connectivity index (χ0v) is 17.5. The maximum Gasteiger partial charge on any atom is 0.253 e. The topological polar surface area (TPSA) is 49.9 Å². The minimum atomic E-state index is 0.0921. The van der Waals surface area contributed by atoms with Gasteiger partial charge in [-0.1, -0.05) is 24.3 Å². The second-order valence-corrected chi connectivity index (χ2v) is 8.32. The summed E-state index contributed by atoms with van der Waals surface area (Å²) in [6.07, 6.45) is 5.41. The lowest BCUT2D eigenvalue weighted by Gasteiger charge is -2.32. The molecule has 4 rings (SSSR count). The summed E-state index contributed by atoms with van der Waals surface area (Å²) >= 11 is 0. The molecule has 2 aromatic carbocycles. The summed E-state index contributed by atoms with van der Waals surface area (Å²) in [5, 5.41) is 0. The molecule has 0 aliphatic carbocycles. The Hall–Kier alpha value is -2.82. The predicted octanol–water partition coefficient (Wildman–Crippen LogP) is 4.24. The molecule has 158 valence electrons. The molecule has 30 heavy (non-hydrogen) atoms. The number of carbonyl (C=O) groups excluding carboxylic acids is 2. The van der Waals surface area contributed by atoms with Gasteiger partial charge in [-0.2, -0.15) is 0 Å². The number of ether oxygens (including phenoxy) is 1. The van der Waals surface area contributed by atoms with E-state index in [1.165, 1.54) is 6.42 Å². The van der Waals surface area contributed by atoms with Crippen LogP contribution in [0.4, 0.5) is 0 Å². The monoisotopic (exact) mass is 406 g/mol. The first-order valence-corrected chi connectivity index (χ1v) is 11.1. The van der Waals surface area contributed by atoms with Gasteiger partial charge in [0.15, 0.2) is 0 Å². The summed E-state index contributed by atoms with van der Waals surface area (Å²) in [5.74, 6) is 1.21. The standard InChI is InChI=1S/C25H30N2O3/c28-24(21-10-3-1-4-11-21)27-16-8-9-20(18-27)19-30-23-13-7-12-22(17-23)25(29)26-14-5-2-6-15-26/h1,3-4,7,10-13,17,20H,2,5-6,8-9,14-16,18-19H2/t20-/m0/s1. The van der Waals surface area contributed by atoms with Gasteiger partial charge in [0.1, 0.15) is 5.75 Å². The summed E-state index contributed by atoms with van der Waals surface area (Å²) < 4.78 is 6.05. The summed E-state index contributed by atoms with van der Waals surface area (Å²) in [7, 11) is 0. The van der Waals surface area contributed by atoms with E-state index in [2.05, 4.69) is 0 Å². The molecule has 2 saturated heterocycles. The number of benzene rings is 2. The van der Waals surface area contributed by atoms with Crippen molar-refractivity contribution < 1.29 is 14.3 Å². The summed E-state index contributed by atoms with van der Waals surface area (Å²) in [6, 6.07) is 17.0. The van der Waals surface area contributed by atoms with Crippen molar-refractivity contribution >= 4 is 11.8 Å². The predicted molar refractivity (Wildman–Crippen MR) is 117 cm³/mol. The molecule has 1 atom stereocenters. The van der Waals surface area contributed by atoms with Gasteiger partial charge in [0.25, 0.3) is 11.8 Å². The highest BCUT2D eigenvalue weighted by molar-refractivity contribution is 5.95. The second-order valence-electron chi connectivity index (χ2n) is 8.32. The highest BCUT2D eigenvalue weighted by Gasteiger charge is 2.25. The van der Waals surface area contributed by atoms with E-state index in [4.69, 9.17) is 4.74 Å². The number of carbonyl (C=O) groups is 2. The van der Waals surface area contributed by atoms with Crippen LogP contribution in [0.15, 0.2) is 54.6 Å². The number of nitrogens with zero attached hydrogens (tertiary/aromatic N) is 2. The fraction of sp³-hybridized carbons (Fsp3) is 0.440. The second kappa shape index (κ2) is 9.79. The highest BCUT2D eigenvalue weighted by Crippen LogP contribution is 2.22. The third kappa shape index (κ3) is 5.02.